The van der Waals surface area contributed by atoms with Crippen molar-refractivity contribution >= 4 is 11.6 Å². The zero-order valence-electron chi connectivity index (χ0n) is 18.1. The number of pyridine rings is 1. The van der Waals surface area contributed by atoms with E-state index >= 15 is 0 Å². The largest absolute Gasteiger partial charge is 0.493 e. The molecular weight excluding hydrogens is 392 g/mol. The summed E-state index contributed by atoms with van der Waals surface area (Å²) in [5, 5.41) is 2.85. The second-order valence-electron chi connectivity index (χ2n) is 7.20. The lowest BCUT2D eigenvalue weighted by molar-refractivity contribution is -0.118. The van der Waals surface area contributed by atoms with Gasteiger partial charge in [-0.05, 0) is 42.2 Å². The third-order valence-electron chi connectivity index (χ3n) is 4.99. The molecule has 3 rings (SSSR count). The summed E-state index contributed by atoms with van der Waals surface area (Å²) in [7, 11) is 1.58. The number of nitrogens with one attached hydrogen (secondary N) is 1. The Hall–Kier alpha value is -3.54. The molecule has 0 spiro atoms. The van der Waals surface area contributed by atoms with E-state index in [4.69, 9.17) is 14.2 Å². The summed E-state index contributed by atoms with van der Waals surface area (Å²) < 4.78 is 17.0. The molecule has 1 unspecified atom stereocenters. The van der Waals surface area contributed by atoms with Gasteiger partial charge < -0.3 is 19.5 Å². The number of carbonyl (C=O) groups excluding carboxylic acids is 1. The van der Waals surface area contributed by atoms with Gasteiger partial charge in [0.1, 0.15) is 12.4 Å². The molecule has 0 aliphatic carbocycles. The lowest BCUT2D eigenvalue weighted by Gasteiger charge is -2.16. The fraction of sp³-hybridized carbons (Fsp3) is 0.280. The van der Waals surface area contributed by atoms with E-state index in [0.717, 1.165) is 23.3 Å². The number of carbonyl (C=O) groups is 1. The van der Waals surface area contributed by atoms with Crippen LogP contribution in [0.15, 0.2) is 67.0 Å². The predicted octanol–water partition coefficient (Wildman–Crippen LogP) is 5.20. The molecule has 3 aromatic rings. The Morgan fingerprint density at radius 3 is 2.61 bits per heavy atom. The van der Waals surface area contributed by atoms with Gasteiger partial charge in [-0.2, -0.15) is 0 Å². The van der Waals surface area contributed by atoms with Crippen molar-refractivity contribution in [1.29, 1.82) is 0 Å². The Morgan fingerprint density at radius 2 is 1.87 bits per heavy atom. The number of para-hydroxylation sites is 1. The SMILES string of the molecule is CCC(C)c1ccccc1OCC(=O)Nc1ccc(OC)c(OCc2cccnc2)c1. The van der Waals surface area contributed by atoms with E-state index < -0.39 is 0 Å². The van der Waals surface area contributed by atoms with Gasteiger partial charge in [-0.1, -0.05) is 38.1 Å². The highest BCUT2D eigenvalue weighted by molar-refractivity contribution is 5.92. The molecule has 1 heterocycles. The summed E-state index contributed by atoms with van der Waals surface area (Å²) in [6.45, 7) is 4.54. The van der Waals surface area contributed by atoms with Crippen LogP contribution in [-0.2, 0) is 11.4 Å². The Kier molecular flexibility index (Phi) is 7.87. The number of ether oxygens (including phenoxy) is 3. The van der Waals surface area contributed by atoms with Gasteiger partial charge in [-0.15, -0.1) is 0 Å². The van der Waals surface area contributed by atoms with Gasteiger partial charge in [0.2, 0.25) is 0 Å². The van der Waals surface area contributed by atoms with Crippen LogP contribution in [0.3, 0.4) is 0 Å². The van der Waals surface area contributed by atoms with E-state index in [0.29, 0.717) is 29.7 Å². The first-order chi connectivity index (χ1) is 15.1. The molecule has 6 nitrogen and oxygen atoms in total. The zero-order chi connectivity index (χ0) is 22.1. The van der Waals surface area contributed by atoms with Crippen LogP contribution in [0.4, 0.5) is 5.69 Å². The van der Waals surface area contributed by atoms with Crippen LogP contribution in [0.2, 0.25) is 0 Å². The fourth-order valence-corrected chi connectivity index (χ4v) is 3.09. The molecule has 0 aliphatic rings. The summed E-state index contributed by atoms with van der Waals surface area (Å²) in [5.41, 5.74) is 2.64. The molecule has 31 heavy (non-hydrogen) atoms. The van der Waals surface area contributed by atoms with Gasteiger partial charge in [0, 0.05) is 29.7 Å². The number of benzene rings is 2. The van der Waals surface area contributed by atoms with Crippen LogP contribution >= 0.6 is 0 Å². The Labute approximate surface area is 183 Å². The average molecular weight is 421 g/mol. The summed E-state index contributed by atoms with van der Waals surface area (Å²) in [6, 6.07) is 16.9. The summed E-state index contributed by atoms with van der Waals surface area (Å²) >= 11 is 0. The van der Waals surface area contributed by atoms with E-state index in [2.05, 4.69) is 24.1 Å². The molecule has 6 heteroatoms. The molecule has 0 radical (unpaired) electrons. The Morgan fingerprint density at radius 1 is 1.03 bits per heavy atom. The number of amides is 1. The highest BCUT2D eigenvalue weighted by Gasteiger charge is 2.12. The summed E-state index contributed by atoms with van der Waals surface area (Å²) in [6.07, 6.45) is 4.45. The minimum absolute atomic E-state index is 0.0780. The molecule has 1 amide bonds. The number of aromatic nitrogens is 1. The highest BCUT2D eigenvalue weighted by atomic mass is 16.5. The molecule has 0 fully saturated rings. The molecule has 162 valence electrons. The first kappa shape index (κ1) is 22.2. The standard InChI is InChI=1S/C25H28N2O4/c1-4-18(2)21-9-5-6-10-22(21)31-17-25(28)27-20-11-12-23(29-3)24(14-20)30-16-19-8-7-13-26-15-19/h5-15,18H,4,16-17H2,1-3H3,(H,27,28). The molecule has 0 bridgehead atoms. The van der Waals surface area contributed by atoms with Crippen molar-refractivity contribution < 1.29 is 19.0 Å². The molecule has 1 aromatic heterocycles. The van der Waals surface area contributed by atoms with E-state index in [-0.39, 0.29) is 12.5 Å². The van der Waals surface area contributed by atoms with Gasteiger partial charge in [-0.25, -0.2) is 0 Å². The fourth-order valence-electron chi connectivity index (χ4n) is 3.09. The Bertz CT molecular complexity index is 992. The number of methoxy groups -OCH3 is 1. The minimum Gasteiger partial charge on any atom is -0.493 e. The quantitative estimate of drug-likeness (QED) is 0.488. The first-order valence-corrected chi connectivity index (χ1v) is 10.3. The lowest BCUT2D eigenvalue weighted by atomic mass is 9.98. The topological polar surface area (TPSA) is 69.7 Å². The normalized spacial score (nSPS) is 11.5. The van der Waals surface area contributed by atoms with E-state index in [1.165, 1.54) is 0 Å². The summed E-state index contributed by atoms with van der Waals surface area (Å²) in [5.74, 6) is 1.97. The van der Waals surface area contributed by atoms with E-state index in [1.54, 1.807) is 37.7 Å². The van der Waals surface area contributed by atoms with Crippen molar-refractivity contribution in [1.82, 2.24) is 4.98 Å². The molecule has 0 aliphatic heterocycles. The number of hydrogen-bond donors (Lipinski definition) is 1. The number of hydrogen-bond acceptors (Lipinski definition) is 5. The van der Waals surface area contributed by atoms with Crippen LogP contribution in [0.5, 0.6) is 17.2 Å². The second-order valence-corrected chi connectivity index (χ2v) is 7.20. The number of rotatable bonds is 10. The van der Waals surface area contributed by atoms with Gasteiger partial charge in [-0.3, -0.25) is 9.78 Å². The molecule has 2 aromatic carbocycles. The zero-order valence-corrected chi connectivity index (χ0v) is 18.1. The lowest BCUT2D eigenvalue weighted by Crippen LogP contribution is -2.20. The molecule has 1 atom stereocenters. The minimum atomic E-state index is -0.248. The maximum atomic E-state index is 12.5. The number of anilines is 1. The van der Waals surface area contributed by atoms with E-state index in [1.807, 2.05) is 36.4 Å². The monoisotopic (exact) mass is 420 g/mol. The molecule has 0 saturated carbocycles. The van der Waals surface area contributed by atoms with Gasteiger partial charge in [0.05, 0.1) is 7.11 Å². The van der Waals surface area contributed by atoms with Crippen LogP contribution in [0.25, 0.3) is 0 Å². The van der Waals surface area contributed by atoms with Gasteiger partial charge in [0.25, 0.3) is 5.91 Å². The van der Waals surface area contributed by atoms with Gasteiger partial charge >= 0.3 is 0 Å². The molecular formula is C25H28N2O4. The van der Waals surface area contributed by atoms with Crippen molar-refractivity contribution in [2.24, 2.45) is 0 Å². The van der Waals surface area contributed by atoms with Crippen LogP contribution in [0.1, 0.15) is 37.3 Å². The van der Waals surface area contributed by atoms with Gasteiger partial charge in [0.15, 0.2) is 18.1 Å². The van der Waals surface area contributed by atoms with Crippen molar-refractivity contribution in [2.45, 2.75) is 32.8 Å². The maximum absolute atomic E-state index is 12.5. The Balaban J connectivity index is 1.62. The predicted molar refractivity (Wildman–Crippen MR) is 121 cm³/mol. The first-order valence-electron chi connectivity index (χ1n) is 10.3. The average Bonchev–Trinajstić information content (AvgIpc) is 2.82. The smallest absolute Gasteiger partial charge is 0.262 e. The highest BCUT2D eigenvalue weighted by Crippen LogP contribution is 2.31. The van der Waals surface area contributed by atoms with Crippen molar-refractivity contribution in [3.05, 3.63) is 78.1 Å². The summed E-state index contributed by atoms with van der Waals surface area (Å²) in [4.78, 5) is 16.5. The third-order valence-corrected chi connectivity index (χ3v) is 4.99. The van der Waals surface area contributed by atoms with Crippen LogP contribution in [0, 0.1) is 0 Å². The maximum Gasteiger partial charge on any atom is 0.262 e. The molecule has 1 N–H and O–H groups in total. The third kappa shape index (κ3) is 6.22. The second kappa shape index (κ2) is 11.0. The van der Waals surface area contributed by atoms with Crippen LogP contribution in [-0.4, -0.2) is 24.6 Å². The van der Waals surface area contributed by atoms with Crippen molar-refractivity contribution in [3.63, 3.8) is 0 Å². The van der Waals surface area contributed by atoms with Crippen molar-refractivity contribution in [2.75, 3.05) is 19.0 Å². The molecule has 0 saturated heterocycles. The van der Waals surface area contributed by atoms with Crippen LogP contribution < -0.4 is 19.5 Å². The van der Waals surface area contributed by atoms with E-state index in [9.17, 15) is 4.79 Å². The number of nitrogens with zero attached hydrogens (tertiary/aromatic N) is 1. The van der Waals surface area contributed by atoms with Crippen molar-refractivity contribution in [3.8, 4) is 17.2 Å².